The summed E-state index contributed by atoms with van der Waals surface area (Å²) in [6.07, 6.45) is 2.95. The van der Waals surface area contributed by atoms with Gasteiger partial charge < -0.3 is 24.3 Å². The maximum absolute atomic E-state index is 15.1. The molecule has 0 spiro atoms. The molecule has 1 amide bonds. The highest BCUT2D eigenvalue weighted by molar-refractivity contribution is 6.04. The number of hydrogen-bond donors (Lipinski definition) is 1. The number of aromatic nitrogens is 3. The fourth-order valence-electron chi connectivity index (χ4n) is 4.22. The van der Waals surface area contributed by atoms with Crippen molar-refractivity contribution in [2.45, 2.75) is 6.92 Å². The van der Waals surface area contributed by atoms with E-state index in [1.807, 2.05) is 0 Å². The maximum atomic E-state index is 15.1. The number of carbonyl (C=O) groups excluding carboxylic acids is 1. The van der Waals surface area contributed by atoms with Crippen LogP contribution in [0.4, 0.5) is 15.8 Å². The molecule has 5 rings (SSSR count). The Morgan fingerprint density at radius 1 is 1.02 bits per heavy atom. The summed E-state index contributed by atoms with van der Waals surface area (Å²) in [6, 6.07) is 14.7. The van der Waals surface area contributed by atoms with Gasteiger partial charge in [0.05, 0.1) is 37.6 Å². The lowest BCUT2D eigenvalue weighted by atomic mass is 10.1. The van der Waals surface area contributed by atoms with E-state index in [0.717, 1.165) is 6.07 Å². The Labute approximate surface area is 238 Å². The molecule has 2 heterocycles. The first-order valence-electron chi connectivity index (χ1n) is 12.6. The van der Waals surface area contributed by atoms with Gasteiger partial charge in [-0.25, -0.2) is 9.07 Å². The first kappa shape index (κ1) is 27.8. The van der Waals surface area contributed by atoms with Crippen molar-refractivity contribution in [1.29, 1.82) is 0 Å². The summed E-state index contributed by atoms with van der Waals surface area (Å²) in [5, 5.41) is 18.6. The smallest absolute Gasteiger partial charge is 0.280 e. The minimum atomic E-state index is -0.731. The van der Waals surface area contributed by atoms with Crippen LogP contribution in [0.1, 0.15) is 17.4 Å². The lowest BCUT2D eigenvalue weighted by Crippen LogP contribution is -2.14. The van der Waals surface area contributed by atoms with Crippen LogP contribution < -0.4 is 24.3 Å². The lowest BCUT2D eigenvalue weighted by molar-refractivity contribution is -0.384. The normalized spacial score (nSPS) is 10.8. The van der Waals surface area contributed by atoms with Gasteiger partial charge in [0.1, 0.15) is 11.3 Å². The molecule has 0 unspecified atom stereocenters. The summed E-state index contributed by atoms with van der Waals surface area (Å²) in [7, 11) is 3.01. The third-order valence-corrected chi connectivity index (χ3v) is 6.12. The van der Waals surface area contributed by atoms with Crippen molar-refractivity contribution in [3.63, 3.8) is 0 Å². The van der Waals surface area contributed by atoms with Gasteiger partial charge in [-0.05, 0) is 43.3 Å². The molecule has 12 nitrogen and oxygen atoms in total. The minimum Gasteiger partial charge on any atom is -0.493 e. The number of amides is 1. The molecule has 0 aliphatic heterocycles. The van der Waals surface area contributed by atoms with Gasteiger partial charge in [0.2, 0.25) is 0 Å². The molecule has 42 heavy (non-hydrogen) atoms. The van der Waals surface area contributed by atoms with E-state index in [0.29, 0.717) is 33.8 Å². The van der Waals surface area contributed by atoms with E-state index in [1.54, 1.807) is 31.2 Å². The van der Waals surface area contributed by atoms with Crippen LogP contribution in [0, 0.1) is 15.9 Å². The molecule has 0 atom stereocenters. The van der Waals surface area contributed by atoms with E-state index < -0.39 is 16.6 Å². The van der Waals surface area contributed by atoms with Crippen LogP contribution in [0.5, 0.6) is 28.7 Å². The summed E-state index contributed by atoms with van der Waals surface area (Å²) >= 11 is 0. The molecular weight excluding hydrogens is 549 g/mol. The molecule has 0 saturated heterocycles. The highest BCUT2D eigenvalue weighted by Crippen LogP contribution is 2.39. The van der Waals surface area contributed by atoms with Gasteiger partial charge in [0.25, 0.3) is 11.6 Å². The Morgan fingerprint density at radius 3 is 2.55 bits per heavy atom. The van der Waals surface area contributed by atoms with Crippen LogP contribution in [-0.2, 0) is 0 Å². The predicted molar refractivity (Wildman–Crippen MR) is 151 cm³/mol. The van der Waals surface area contributed by atoms with Gasteiger partial charge in [-0.3, -0.25) is 19.9 Å². The zero-order valence-electron chi connectivity index (χ0n) is 22.7. The van der Waals surface area contributed by atoms with E-state index in [1.165, 1.54) is 61.6 Å². The summed E-state index contributed by atoms with van der Waals surface area (Å²) < 4.78 is 38.6. The number of nitro benzene ring substituents is 1. The Hall–Kier alpha value is -5.72. The summed E-state index contributed by atoms with van der Waals surface area (Å²) in [4.78, 5) is 28.1. The fourth-order valence-corrected chi connectivity index (χ4v) is 4.22. The highest BCUT2D eigenvalue weighted by Gasteiger charge is 2.21. The van der Waals surface area contributed by atoms with Crippen LogP contribution in [0.2, 0.25) is 0 Å². The molecule has 0 bridgehead atoms. The van der Waals surface area contributed by atoms with E-state index in [9.17, 15) is 14.9 Å². The molecule has 0 aliphatic rings. The molecule has 214 valence electrons. The third-order valence-electron chi connectivity index (χ3n) is 6.12. The molecule has 3 aromatic carbocycles. The number of hydrogen-bond acceptors (Lipinski definition) is 9. The number of pyridine rings is 1. The molecule has 0 radical (unpaired) electrons. The number of fused-ring (bicyclic) bond motifs is 1. The zero-order chi connectivity index (χ0) is 29.8. The van der Waals surface area contributed by atoms with Crippen molar-refractivity contribution < 1.29 is 33.1 Å². The standard InChI is InChI=1S/C29H24FN5O7/c1-4-41-25-16-34(18-6-5-7-19(15-18)35(37)38)33-27(25)29(36)32-17-8-10-23(21(30)14-17)42-22-12-13-31-26-20(22)9-11-24(39-2)28(26)40-3/h5-16H,4H2,1-3H3,(H,32,36). The van der Waals surface area contributed by atoms with Crippen LogP contribution >= 0.6 is 0 Å². The fraction of sp³-hybridized carbons (Fsp3) is 0.138. The first-order valence-corrected chi connectivity index (χ1v) is 12.6. The van der Waals surface area contributed by atoms with E-state index >= 15 is 4.39 Å². The third kappa shape index (κ3) is 5.47. The van der Waals surface area contributed by atoms with Crippen LogP contribution in [0.3, 0.4) is 0 Å². The van der Waals surface area contributed by atoms with Gasteiger partial charge >= 0.3 is 0 Å². The van der Waals surface area contributed by atoms with Crippen LogP contribution in [0.15, 0.2) is 73.1 Å². The number of nitrogens with one attached hydrogen (secondary N) is 1. The SMILES string of the molecule is CCOc1cn(-c2cccc([N+](=O)[O-])c2)nc1C(=O)Nc1ccc(Oc2ccnc3c(OC)c(OC)ccc23)c(F)c1. The first-order chi connectivity index (χ1) is 20.3. The number of halogens is 1. The topological polar surface area (TPSA) is 140 Å². The molecule has 0 fully saturated rings. The molecule has 2 aromatic heterocycles. The monoisotopic (exact) mass is 573 g/mol. The number of nitrogens with zero attached hydrogens (tertiary/aromatic N) is 4. The number of non-ortho nitro benzene ring substituents is 1. The van der Waals surface area contributed by atoms with Gasteiger partial charge in [0.15, 0.2) is 34.5 Å². The molecule has 13 heteroatoms. The number of nitro groups is 1. The summed E-state index contributed by atoms with van der Waals surface area (Å²) in [5.74, 6) is -0.0904. The number of methoxy groups -OCH3 is 2. The van der Waals surface area contributed by atoms with Crippen molar-refractivity contribution in [2.24, 2.45) is 0 Å². The highest BCUT2D eigenvalue weighted by atomic mass is 19.1. The largest absolute Gasteiger partial charge is 0.493 e. The number of benzene rings is 3. The lowest BCUT2D eigenvalue weighted by Gasteiger charge is -2.14. The number of rotatable bonds is 10. The Bertz CT molecular complexity index is 1810. The van der Waals surface area contributed by atoms with Gasteiger partial charge in [-0.15, -0.1) is 0 Å². The van der Waals surface area contributed by atoms with E-state index in [-0.39, 0.29) is 35.2 Å². The van der Waals surface area contributed by atoms with Crippen molar-refractivity contribution in [3.05, 3.63) is 94.7 Å². The van der Waals surface area contributed by atoms with E-state index in [4.69, 9.17) is 18.9 Å². The van der Waals surface area contributed by atoms with Gasteiger partial charge in [-0.1, -0.05) is 6.07 Å². The molecule has 5 aromatic rings. The number of anilines is 1. The molecule has 0 saturated carbocycles. The van der Waals surface area contributed by atoms with Crippen LogP contribution in [0.25, 0.3) is 16.6 Å². The van der Waals surface area contributed by atoms with Gasteiger partial charge in [0, 0.05) is 35.5 Å². The average molecular weight is 574 g/mol. The molecule has 1 N–H and O–H groups in total. The van der Waals surface area contributed by atoms with E-state index in [2.05, 4.69) is 15.4 Å². The maximum Gasteiger partial charge on any atom is 0.280 e. The molecular formula is C29H24FN5O7. The zero-order valence-corrected chi connectivity index (χ0v) is 22.7. The Balaban J connectivity index is 1.38. The number of ether oxygens (including phenoxy) is 4. The Morgan fingerprint density at radius 2 is 1.83 bits per heavy atom. The Kier molecular flexibility index (Phi) is 7.82. The van der Waals surface area contributed by atoms with Crippen molar-refractivity contribution in [1.82, 2.24) is 14.8 Å². The van der Waals surface area contributed by atoms with Crippen molar-refractivity contribution in [2.75, 3.05) is 26.1 Å². The summed E-state index contributed by atoms with van der Waals surface area (Å²) in [6.45, 7) is 1.98. The summed E-state index contributed by atoms with van der Waals surface area (Å²) in [5.41, 5.74) is 0.757. The quantitative estimate of drug-likeness (QED) is 0.159. The minimum absolute atomic E-state index is 0.0831. The second-order valence-corrected chi connectivity index (χ2v) is 8.70. The number of carbonyl (C=O) groups is 1. The molecule has 0 aliphatic carbocycles. The second kappa shape index (κ2) is 11.8. The second-order valence-electron chi connectivity index (χ2n) is 8.70. The average Bonchev–Trinajstić information content (AvgIpc) is 3.42. The predicted octanol–water partition coefficient (Wildman–Crippen LogP) is 5.93. The van der Waals surface area contributed by atoms with Crippen molar-refractivity contribution in [3.8, 4) is 34.4 Å². The van der Waals surface area contributed by atoms with Gasteiger partial charge in [-0.2, -0.15) is 5.10 Å². The van der Waals surface area contributed by atoms with Crippen LogP contribution in [-0.4, -0.2) is 46.4 Å². The van der Waals surface area contributed by atoms with Crippen molar-refractivity contribution >= 4 is 28.2 Å².